The number of rotatable bonds is 5. The average Bonchev–Trinajstić information content (AvgIpc) is 2.75. The molecule has 2 N–H and O–H groups in total. The summed E-state index contributed by atoms with van der Waals surface area (Å²) < 4.78 is 11.0. The van der Waals surface area contributed by atoms with Crippen LogP contribution in [0.3, 0.4) is 0 Å². The summed E-state index contributed by atoms with van der Waals surface area (Å²) in [7, 11) is 0. The summed E-state index contributed by atoms with van der Waals surface area (Å²) in [6.45, 7) is 4.97. The molecule has 1 amide bonds. The predicted molar refractivity (Wildman–Crippen MR) is 72.8 cm³/mol. The first kappa shape index (κ1) is 13.8. The van der Waals surface area contributed by atoms with Gasteiger partial charge in [0.05, 0.1) is 13.2 Å². The third-order valence-corrected chi connectivity index (χ3v) is 2.82. The number of anilines is 1. The predicted octanol–water partition coefficient (Wildman–Crippen LogP) is 1.37. The van der Waals surface area contributed by atoms with Crippen molar-refractivity contribution in [2.24, 2.45) is 0 Å². The molecule has 0 aliphatic carbocycles. The second kappa shape index (κ2) is 6.04. The molecule has 0 spiro atoms. The maximum atomic E-state index is 11.7. The van der Waals surface area contributed by atoms with Crippen LogP contribution in [0.2, 0.25) is 0 Å². The van der Waals surface area contributed by atoms with Crippen molar-refractivity contribution in [3.05, 3.63) is 30.3 Å². The van der Waals surface area contributed by atoms with Crippen LogP contribution in [0.4, 0.5) is 5.69 Å². The van der Waals surface area contributed by atoms with Crippen LogP contribution in [0.15, 0.2) is 30.3 Å². The first-order chi connectivity index (χ1) is 9.05. The fourth-order valence-electron chi connectivity index (χ4n) is 1.89. The molecule has 0 saturated carbocycles. The van der Waals surface area contributed by atoms with Crippen molar-refractivity contribution in [3.63, 3.8) is 0 Å². The van der Waals surface area contributed by atoms with Crippen molar-refractivity contribution < 1.29 is 14.3 Å². The lowest BCUT2D eigenvalue weighted by Crippen LogP contribution is -2.37. The lowest BCUT2D eigenvalue weighted by Gasteiger charge is -2.17. The van der Waals surface area contributed by atoms with Gasteiger partial charge in [-0.3, -0.25) is 4.79 Å². The van der Waals surface area contributed by atoms with E-state index in [1.807, 2.05) is 44.2 Å². The molecular weight excluding hydrogens is 244 g/mol. The smallest absolute Gasteiger partial charge is 0.239 e. The largest absolute Gasteiger partial charge is 0.376 e. The molecule has 1 saturated heterocycles. The van der Waals surface area contributed by atoms with Crippen LogP contribution < -0.4 is 10.6 Å². The van der Waals surface area contributed by atoms with Gasteiger partial charge in [-0.15, -0.1) is 0 Å². The van der Waals surface area contributed by atoms with Crippen molar-refractivity contribution >= 4 is 11.6 Å². The number of hydrogen-bond donors (Lipinski definition) is 2. The molecule has 0 bridgehead atoms. The SMILES string of the molecule is CC1(C)OCC(CNC(=O)CNc2ccccc2)O1. The summed E-state index contributed by atoms with van der Waals surface area (Å²) >= 11 is 0. The number of nitrogens with one attached hydrogen (secondary N) is 2. The molecule has 1 aliphatic rings. The molecule has 1 aliphatic heterocycles. The van der Waals surface area contributed by atoms with Crippen LogP contribution in [0.1, 0.15) is 13.8 Å². The van der Waals surface area contributed by atoms with Gasteiger partial charge in [-0.05, 0) is 26.0 Å². The molecule has 5 heteroatoms. The van der Waals surface area contributed by atoms with E-state index in [0.29, 0.717) is 13.2 Å². The molecule has 1 fully saturated rings. The first-order valence-corrected chi connectivity index (χ1v) is 6.42. The van der Waals surface area contributed by atoms with Gasteiger partial charge in [0.2, 0.25) is 5.91 Å². The summed E-state index contributed by atoms with van der Waals surface area (Å²) in [6, 6.07) is 9.62. The maximum absolute atomic E-state index is 11.7. The first-order valence-electron chi connectivity index (χ1n) is 6.42. The third kappa shape index (κ3) is 4.54. The molecular formula is C14H20N2O3. The second-order valence-electron chi connectivity index (χ2n) is 4.97. The van der Waals surface area contributed by atoms with Crippen LogP contribution in [-0.4, -0.2) is 37.5 Å². The van der Waals surface area contributed by atoms with Crippen molar-refractivity contribution in [3.8, 4) is 0 Å². The number of hydrogen-bond acceptors (Lipinski definition) is 4. The topological polar surface area (TPSA) is 59.6 Å². The third-order valence-electron chi connectivity index (χ3n) is 2.82. The number of benzene rings is 1. The van der Waals surface area contributed by atoms with Crippen molar-refractivity contribution in [2.45, 2.75) is 25.7 Å². The Labute approximate surface area is 113 Å². The van der Waals surface area contributed by atoms with Gasteiger partial charge < -0.3 is 20.1 Å². The van der Waals surface area contributed by atoms with E-state index in [1.165, 1.54) is 0 Å². The van der Waals surface area contributed by atoms with E-state index >= 15 is 0 Å². The minimum Gasteiger partial charge on any atom is -0.376 e. The van der Waals surface area contributed by atoms with Crippen LogP contribution in [0.5, 0.6) is 0 Å². The van der Waals surface area contributed by atoms with E-state index < -0.39 is 5.79 Å². The zero-order valence-electron chi connectivity index (χ0n) is 11.3. The Morgan fingerprint density at radius 3 is 2.74 bits per heavy atom. The van der Waals surface area contributed by atoms with Crippen LogP contribution in [-0.2, 0) is 14.3 Å². The van der Waals surface area contributed by atoms with Gasteiger partial charge in [0.15, 0.2) is 5.79 Å². The van der Waals surface area contributed by atoms with Gasteiger partial charge in [-0.1, -0.05) is 18.2 Å². The fourth-order valence-corrected chi connectivity index (χ4v) is 1.89. The number of ether oxygens (including phenoxy) is 2. The molecule has 0 radical (unpaired) electrons. The highest BCUT2D eigenvalue weighted by molar-refractivity contribution is 5.80. The molecule has 19 heavy (non-hydrogen) atoms. The van der Waals surface area contributed by atoms with Crippen LogP contribution in [0.25, 0.3) is 0 Å². The Hall–Kier alpha value is -1.59. The van der Waals surface area contributed by atoms with Crippen molar-refractivity contribution in [2.75, 3.05) is 25.0 Å². The van der Waals surface area contributed by atoms with E-state index in [4.69, 9.17) is 9.47 Å². The van der Waals surface area contributed by atoms with Gasteiger partial charge in [-0.2, -0.15) is 0 Å². The highest BCUT2D eigenvalue weighted by atomic mass is 16.7. The highest BCUT2D eigenvalue weighted by Crippen LogP contribution is 2.21. The number of para-hydroxylation sites is 1. The van der Waals surface area contributed by atoms with Gasteiger partial charge in [-0.25, -0.2) is 0 Å². The molecule has 1 atom stereocenters. The van der Waals surface area contributed by atoms with Crippen LogP contribution in [0, 0.1) is 0 Å². The quantitative estimate of drug-likeness (QED) is 0.843. The summed E-state index contributed by atoms with van der Waals surface area (Å²) in [5.41, 5.74) is 0.930. The Bertz CT molecular complexity index is 420. The Morgan fingerprint density at radius 2 is 2.11 bits per heavy atom. The summed E-state index contributed by atoms with van der Waals surface area (Å²) in [5.74, 6) is -0.602. The van der Waals surface area contributed by atoms with Crippen molar-refractivity contribution in [1.82, 2.24) is 5.32 Å². The number of amides is 1. The van der Waals surface area contributed by atoms with Crippen LogP contribution >= 0.6 is 0 Å². The summed E-state index contributed by atoms with van der Waals surface area (Å²) in [4.78, 5) is 11.7. The molecule has 5 nitrogen and oxygen atoms in total. The summed E-state index contributed by atoms with van der Waals surface area (Å²) in [5, 5.41) is 5.88. The fraction of sp³-hybridized carbons (Fsp3) is 0.500. The molecule has 1 unspecified atom stereocenters. The lowest BCUT2D eigenvalue weighted by atomic mass is 10.3. The highest BCUT2D eigenvalue weighted by Gasteiger charge is 2.32. The molecule has 1 aromatic rings. The van der Waals surface area contributed by atoms with Crippen molar-refractivity contribution in [1.29, 1.82) is 0 Å². The van der Waals surface area contributed by atoms with E-state index in [-0.39, 0.29) is 18.6 Å². The Kier molecular flexibility index (Phi) is 4.39. The second-order valence-corrected chi connectivity index (χ2v) is 4.97. The van der Waals surface area contributed by atoms with Gasteiger partial charge in [0, 0.05) is 12.2 Å². The zero-order chi connectivity index (χ0) is 13.7. The van der Waals surface area contributed by atoms with Gasteiger partial charge in [0.25, 0.3) is 0 Å². The van der Waals surface area contributed by atoms with Gasteiger partial charge in [0.1, 0.15) is 6.10 Å². The molecule has 1 aromatic carbocycles. The van der Waals surface area contributed by atoms with Gasteiger partial charge >= 0.3 is 0 Å². The monoisotopic (exact) mass is 264 g/mol. The number of carbonyl (C=O) groups excluding carboxylic acids is 1. The molecule has 1 heterocycles. The molecule has 0 aromatic heterocycles. The standard InChI is InChI=1S/C14H20N2O3/c1-14(2)18-10-12(19-14)8-16-13(17)9-15-11-6-4-3-5-7-11/h3-7,12,15H,8-10H2,1-2H3,(H,16,17). The Balaban J connectivity index is 1.65. The minimum absolute atomic E-state index is 0.0582. The molecule has 104 valence electrons. The Morgan fingerprint density at radius 1 is 1.37 bits per heavy atom. The van der Waals surface area contributed by atoms with E-state index in [9.17, 15) is 4.79 Å². The average molecular weight is 264 g/mol. The minimum atomic E-state index is -0.544. The maximum Gasteiger partial charge on any atom is 0.239 e. The normalized spacial score (nSPS) is 21.1. The summed E-state index contributed by atoms with van der Waals surface area (Å²) in [6.07, 6.45) is -0.0734. The zero-order valence-corrected chi connectivity index (χ0v) is 11.3. The van der Waals surface area contributed by atoms with E-state index in [1.54, 1.807) is 0 Å². The van der Waals surface area contributed by atoms with E-state index in [0.717, 1.165) is 5.69 Å². The molecule has 2 rings (SSSR count). The lowest BCUT2D eigenvalue weighted by molar-refractivity contribution is -0.139. The number of carbonyl (C=O) groups is 1. The van der Waals surface area contributed by atoms with E-state index in [2.05, 4.69) is 10.6 Å².